The fourth-order valence-electron chi connectivity index (χ4n) is 3.93. The van der Waals surface area contributed by atoms with Gasteiger partial charge >= 0.3 is 6.03 Å². The molecule has 1 aromatic heterocycles. The van der Waals surface area contributed by atoms with Crippen molar-refractivity contribution in [1.82, 2.24) is 14.7 Å². The molecule has 0 radical (unpaired) electrons. The highest BCUT2D eigenvalue weighted by atomic mass is 19.3. The standard InChI is InChI=1S/C21H18F3N5O2/c1-3-20(31)7-8-21(23,24)18-14-11-28(9-6-16(14)27-29(18)12-20)19(30)26-13-4-5-15(22)17(10-13)25-2/h1,4-5,10,31H,6-9,11-12H2,(H,26,30)/t20-/m0/s1. The minimum absolute atomic E-state index is 0.0998. The van der Waals surface area contributed by atoms with E-state index in [-0.39, 0.29) is 55.1 Å². The average molecular weight is 429 g/mol. The summed E-state index contributed by atoms with van der Waals surface area (Å²) in [7, 11) is 0. The van der Waals surface area contributed by atoms with Crippen molar-refractivity contribution in [2.45, 2.75) is 43.9 Å². The van der Waals surface area contributed by atoms with E-state index in [2.05, 4.69) is 21.2 Å². The molecular weight excluding hydrogens is 411 g/mol. The van der Waals surface area contributed by atoms with Crippen LogP contribution in [0.4, 0.5) is 29.3 Å². The molecule has 3 heterocycles. The van der Waals surface area contributed by atoms with Crippen molar-refractivity contribution in [2.24, 2.45) is 0 Å². The zero-order chi connectivity index (χ0) is 22.4. The van der Waals surface area contributed by atoms with Gasteiger partial charge in [0.1, 0.15) is 17.1 Å². The van der Waals surface area contributed by atoms with E-state index in [1.807, 2.05) is 0 Å². The predicted octanol–water partition coefficient (Wildman–Crippen LogP) is 3.41. The number of urea groups is 1. The highest BCUT2D eigenvalue weighted by Crippen LogP contribution is 2.42. The third-order valence-electron chi connectivity index (χ3n) is 5.59. The summed E-state index contributed by atoms with van der Waals surface area (Å²) >= 11 is 0. The molecule has 2 amide bonds. The molecule has 0 aliphatic carbocycles. The third-order valence-corrected chi connectivity index (χ3v) is 5.59. The highest BCUT2D eigenvalue weighted by Gasteiger charge is 2.46. The normalized spacial score (nSPS) is 21.8. The number of anilines is 1. The van der Waals surface area contributed by atoms with Crippen molar-refractivity contribution >= 4 is 17.4 Å². The number of aromatic nitrogens is 2. The molecule has 31 heavy (non-hydrogen) atoms. The summed E-state index contributed by atoms with van der Waals surface area (Å²) in [5.41, 5.74) is -1.37. The number of hydrogen-bond acceptors (Lipinski definition) is 3. The number of nitrogens with one attached hydrogen (secondary N) is 1. The number of carbonyl (C=O) groups is 1. The summed E-state index contributed by atoms with van der Waals surface area (Å²) in [6.45, 7) is 6.85. The van der Waals surface area contributed by atoms with Crippen molar-refractivity contribution < 1.29 is 23.1 Å². The minimum atomic E-state index is -3.26. The molecule has 2 aliphatic rings. The molecule has 0 bridgehead atoms. The van der Waals surface area contributed by atoms with Crippen LogP contribution >= 0.6 is 0 Å². The van der Waals surface area contributed by atoms with Crippen molar-refractivity contribution in [3.8, 4) is 12.3 Å². The van der Waals surface area contributed by atoms with Crippen molar-refractivity contribution in [3.05, 3.63) is 52.4 Å². The Morgan fingerprint density at radius 1 is 1.39 bits per heavy atom. The largest absolute Gasteiger partial charge is 0.376 e. The summed E-state index contributed by atoms with van der Waals surface area (Å²) in [4.78, 5) is 17.1. The third kappa shape index (κ3) is 3.71. The van der Waals surface area contributed by atoms with Gasteiger partial charge in [0.15, 0.2) is 0 Å². The predicted molar refractivity (Wildman–Crippen MR) is 105 cm³/mol. The first kappa shape index (κ1) is 20.8. The van der Waals surface area contributed by atoms with Gasteiger partial charge in [0, 0.05) is 30.6 Å². The molecule has 0 saturated heterocycles. The van der Waals surface area contributed by atoms with E-state index < -0.39 is 29.8 Å². The molecule has 2 aromatic rings. The van der Waals surface area contributed by atoms with Crippen LogP contribution in [-0.4, -0.2) is 38.0 Å². The second-order valence-corrected chi connectivity index (χ2v) is 7.69. The van der Waals surface area contributed by atoms with Crippen LogP contribution in [-0.2, 0) is 25.4 Å². The van der Waals surface area contributed by atoms with Crippen LogP contribution < -0.4 is 5.32 Å². The second kappa shape index (κ2) is 7.33. The number of rotatable bonds is 1. The quantitative estimate of drug-likeness (QED) is 0.539. The Morgan fingerprint density at radius 2 is 2.16 bits per heavy atom. The van der Waals surface area contributed by atoms with Crippen LogP contribution in [0.1, 0.15) is 29.8 Å². The Kier molecular flexibility index (Phi) is 4.91. The molecule has 0 fully saturated rings. The number of terminal acetylenes is 1. The number of fused-ring (bicyclic) bond motifs is 3. The van der Waals surface area contributed by atoms with Gasteiger partial charge in [-0.3, -0.25) is 4.68 Å². The first-order valence-electron chi connectivity index (χ1n) is 9.56. The van der Waals surface area contributed by atoms with E-state index in [0.29, 0.717) is 5.69 Å². The number of hydrogen-bond donors (Lipinski definition) is 2. The van der Waals surface area contributed by atoms with E-state index in [4.69, 9.17) is 13.0 Å². The number of nitrogens with zero attached hydrogens (tertiary/aromatic N) is 4. The maximum Gasteiger partial charge on any atom is 0.322 e. The van der Waals surface area contributed by atoms with Crippen molar-refractivity contribution in [1.29, 1.82) is 0 Å². The number of benzene rings is 1. The van der Waals surface area contributed by atoms with Crippen LogP contribution in [0.5, 0.6) is 0 Å². The lowest BCUT2D eigenvalue weighted by Crippen LogP contribution is -2.39. The molecule has 2 aliphatic heterocycles. The van der Waals surface area contributed by atoms with Crippen LogP contribution in [0.15, 0.2) is 18.2 Å². The van der Waals surface area contributed by atoms with Gasteiger partial charge in [0.05, 0.1) is 25.4 Å². The smallest absolute Gasteiger partial charge is 0.322 e. The lowest BCUT2D eigenvalue weighted by molar-refractivity contribution is -0.0300. The molecule has 10 heteroatoms. The second-order valence-electron chi connectivity index (χ2n) is 7.69. The number of alkyl halides is 2. The van der Waals surface area contributed by atoms with Gasteiger partial charge in [-0.05, 0) is 24.6 Å². The topological polar surface area (TPSA) is 74.8 Å². The number of carbonyl (C=O) groups excluding carboxylic acids is 1. The number of aliphatic hydroxyl groups is 1. The van der Waals surface area contributed by atoms with E-state index >= 15 is 0 Å². The lowest BCUT2D eigenvalue weighted by Gasteiger charge is -2.28. The molecule has 160 valence electrons. The highest BCUT2D eigenvalue weighted by molar-refractivity contribution is 5.90. The zero-order valence-electron chi connectivity index (χ0n) is 16.3. The molecule has 0 saturated carbocycles. The Balaban J connectivity index is 1.60. The van der Waals surface area contributed by atoms with Gasteiger partial charge in [-0.25, -0.2) is 14.0 Å². The Labute approximate surface area is 176 Å². The molecule has 0 unspecified atom stereocenters. The Morgan fingerprint density at radius 3 is 2.87 bits per heavy atom. The monoisotopic (exact) mass is 429 g/mol. The van der Waals surface area contributed by atoms with Gasteiger partial charge in [0.25, 0.3) is 5.92 Å². The first-order valence-corrected chi connectivity index (χ1v) is 9.56. The summed E-state index contributed by atoms with van der Waals surface area (Å²) in [5, 5.41) is 17.2. The van der Waals surface area contributed by atoms with Gasteiger partial charge in [-0.1, -0.05) is 5.92 Å². The number of amides is 2. The van der Waals surface area contributed by atoms with Gasteiger partial charge in [-0.15, -0.1) is 6.42 Å². The molecular formula is C21H18F3N5O2. The fourth-order valence-corrected chi connectivity index (χ4v) is 3.93. The van der Waals surface area contributed by atoms with E-state index in [1.165, 1.54) is 17.0 Å². The van der Waals surface area contributed by atoms with Gasteiger partial charge < -0.3 is 15.3 Å². The van der Waals surface area contributed by atoms with Crippen LogP contribution in [0, 0.1) is 24.7 Å². The lowest BCUT2D eigenvalue weighted by atomic mass is 9.96. The molecule has 4 rings (SSSR count). The summed E-state index contributed by atoms with van der Waals surface area (Å²) < 4.78 is 44.4. The van der Waals surface area contributed by atoms with Gasteiger partial charge in [0.2, 0.25) is 5.69 Å². The molecule has 7 nitrogen and oxygen atoms in total. The molecule has 2 N–H and O–H groups in total. The maximum atomic E-state index is 14.9. The van der Waals surface area contributed by atoms with E-state index in [0.717, 1.165) is 10.7 Å². The number of halogens is 3. The SMILES string of the molecule is [C-]#[N+]c1cc(NC(=O)N2CCc3nn4c(c3C2)C(F)(F)CC[C@@](O)(C#C)C4)ccc1F. The maximum absolute atomic E-state index is 14.9. The molecule has 1 atom stereocenters. The summed E-state index contributed by atoms with van der Waals surface area (Å²) in [5.74, 6) is -1.78. The fraction of sp³-hybridized carbons (Fsp3) is 0.381. The summed E-state index contributed by atoms with van der Waals surface area (Å²) in [6.07, 6.45) is 4.70. The van der Waals surface area contributed by atoms with Crippen molar-refractivity contribution in [2.75, 3.05) is 11.9 Å². The Hall–Kier alpha value is -3.50. The van der Waals surface area contributed by atoms with E-state index in [9.17, 15) is 23.1 Å². The zero-order valence-corrected chi connectivity index (χ0v) is 16.3. The van der Waals surface area contributed by atoms with Gasteiger partial charge in [-0.2, -0.15) is 13.9 Å². The van der Waals surface area contributed by atoms with E-state index in [1.54, 1.807) is 0 Å². The first-order chi connectivity index (χ1) is 14.7. The van der Waals surface area contributed by atoms with Crippen LogP contribution in [0.2, 0.25) is 0 Å². The molecule has 1 aromatic carbocycles. The van der Waals surface area contributed by atoms with Crippen LogP contribution in [0.25, 0.3) is 4.85 Å². The van der Waals surface area contributed by atoms with Crippen LogP contribution in [0.3, 0.4) is 0 Å². The minimum Gasteiger partial charge on any atom is -0.376 e. The van der Waals surface area contributed by atoms with Crippen molar-refractivity contribution in [3.63, 3.8) is 0 Å². The average Bonchev–Trinajstić information content (AvgIpc) is 3.06. The molecule has 0 spiro atoms. The Bertz CT molecular complexity index is 1150. The summed E-state index contributed by atoms with van der Waals surface area (Å²) in [6, 6.07) is 3.03.